The lowest BCUT2D eigenvalue weighted by molar-refractivity contribution is 0.188. The lowest BCUT2D eigenvalue weighted by atomic mass is 9.90. The second kappa shape index (κ2) is 6.53. The molecule has 1 aromatic rings. The molecular formula is C14H21BrN2. The van der Waals surface area contributed by atoms with E-state index in [0.29, 0.717) is 0 Å². The van der Waals surface area contributed by atoms with E-state index in [2.05, 4.69) is 45.1 Å². The van der Waals surface area contributed by atoms with Crippen molar-refractivity contribution < 1.29 is 0 Å². The molecule has 0 aliphatic carbocycles. The molecule has 0 amide bonds. The highest BCUT2D eigenvalue weighted by Gasteiger charge is 2.19. The Hall–Kier alpha value is -0.380. The van der Waals surface area contributed by atoms with E-state index in [1.54, 1.807) is 0 Å². The number of piperidine rings is 1. The molecule has 0 radical (unpaired) electrons. The van der Waals surface area contributed by atoms with Gasteiger partial charge in [-0.2, -0.15) is 0 Å². The van der Waals surface area contributed by atoms with Crippen LogP contribution >= 0.6 is 15.9 Å². The van der Waals surface area contributed by atoms with E-state index in [0.717, 1.165) is 19.0 Å². The maximum Gasteiger partial charge on any atom is 0.0207 e. The highest BCUT2D eigenvalue weighted by molar-refractivity contribution is 9.10. The number of rotatable bonds is 4. The van der Waals surface area contributed by atoms with Crippen LogP contribution in [0.1, 0.15) is 18.4 Å². The third-order valence-corrected chi connectivity index (χ3v) is 4.39. The molecule has 1 aliphatic rings. The number of hydrogen-bond donors (Lipinski definition) is 1. The lowest BCUT2D eigenvalue weighted by Crippen LogP contribution is -2.37. The molecule has 94 valence electrons. The molecule has 3 heteroatoms. The van der Waals surface area contributed by atoms with E-state index in [4.69, 9.17) is 5.73 Å². The van der Waals surface area contributed by atoms with E-state index in [-0.39, 0.29) is 0 Å². The maximum absolute atomic E-state index is 5.59. The fourth-order valence-corrected chi connectivity index (χ4v) is 3.02. The Morgan fingerprint density at radius 2 is 1.94 bits per heavy atom. The molecule has 1 heterocycles. The Bertz CT molecular complexity index is 346. The second-order valence-corrected chi connectivity index (χ2v) is 5.72. The van der Waals surface area contributed by atoms with Gasteiger partial charge in [0.25, 0.3) is 0 Å². The molecule has 0 atom stereocenters. The average Bonchev–Trinajstić information content (AvgIpc) is 2.35. The van der Waals surface area contributed by atoms with E-state index >= 15 is 0 Å². The van der Waals surface area contributed by atoms with E-state index in [1.807, 2.05) is 0 Å². The van der Waals surface area contributed by atoms with Crippen molar-refractivity contribution in [3.63, 3.8) is 0 Å². The monoisotopic (exact) mass is 296 g/mol. The Labute approximate surface area is 112 Å². The predicted octanol–water partition coefficient (Wildman–Crippen LogP) is 2.66. The Morgan fingerprint density at radius 1 is 1.24 bits per heavy atom. The summed E-state index contributed by atoms with van der Waals surface area (Å²) in [5, 5.41) is 0. The molecule has 2 N–H and O–H groups in total. The highest BCUT2D eigenvalue weighted by Crippen LogP contribution is 2.25. The molecule has 2 rings (SSSR count). The number of nitrogens with two attached hydrogens (primary N) is 1. The van der Waals surface area contributed by atoms with Crippen LogP contribution in [-0.2, 0) is 6.42 Å². The first-order valence-corrected chi connectivity index (χ1v) is 7.24. The minimum Gasteiger partial charge on any atom is -0.329 e. The van der Waals surface area contributed by atoms with Crippen LogP contribution in [0.2, 0.25) is 0 Å². The van der Waals surface area contributed by atoms with Gasteiger partial charge in [-0.3, -0.25) is 0 Å². The van der Waals surface area contributed by atoms with Gasteiger partial charge in [0.05, 0.1) is 0 Å². The molecule has 1 saturated heterocycles. The SMILES string of the molecule is NCCN1CCC(Cc2ccccc2Br)CC1. The Balaban J connectivity index is 1.84. The smallest absolute Gasteiger partial charge is 0.0207 e. The van der Waals surface area contributed by atoms with Gasteiger partial charge in [-0.1, -0.05) is 34.1 Å². The molecule has 2 nitrogen and oxygen atoms in total. The summed E-state index contributed by atoms with van der Waals surface area (Å²) in [5.41, 5.74) is 7.04. The van der Waals surface area contributed by atoms with Gasteiger partial charge in [-0.05, 0) is 49.9 Å². The van der Waals surface area contributed by atoms with Gasteiger partial charge in [-0.25, -0.2) is 0 Å². The standard InChI is InChI=1S/C14H21BrN2/c15-14-4-2-1-3-13(14)11-12-5-8-17(9-6-12)10-7-16/h1-4,12H,5-11,16H2. The van der Waals surface area contributed by atoms with Gasteiger partial charge in [-0.15, -0.1) is 0 Å². The topological polar surface area (TPSA) is 29.3 Å². The van der Waals surface area contributed by atoms with Crippen LogP contribution in [0.15, 0.2) is 28.7 Å². The van der Waals surface area contributed by atoms with Crippen LogP contribution in [0.25, 0.3) is 0 Å². The highest BCUT2D eigenvalue weighted by atomic mass is 79.9. The zero-order chi connectivity index (χ0) is 12.1. The van der Waals surface area contributed by atoms with Crippen LogP contribution in [0.4, 0.5) is 0 Å². The van der Waals surface area contributed by atoms with Crippen LogP contribution < -0.4 is 5.73 Å². The summed E-state index contributed by atoms with van der Waals surface area (Å²) in [5.74, 6) is 0.836. The first-order chi connectivity index (χ1) is 8.29. The zero-order valence-corrected chi connectivity index (χ0v) is 11.8. The number of halogens is 1. The molecule has 0 bridgehead atoms. The minimum atomic E-state index is 0.787. The van der Waals surface area contributed by atoms with E-state index in [1.165, 1.54) is 42.4 Å². The third-order valence-electron chi connectivity index (χ3n) is 3.62. The molecule has 0 unspecified atom stereocenters. The third kappa shape index (κ3) is 3.80. The van der Waals surface area contributed by atoms with Crippen molar-refractivity contribution in [1.82, 2.24) is 4.90 Å². The van der Waals surface area contributed by atoms with Crippen LogP contribution in [0.3, 0.4) is 0 Å². The molecule has 0 aromatic heterocycles. The number of nitrogens with zero attached hydrogens (tertiary/aromatic N) is 1. The van der Waals surface area contributed by atoms with Crippen molar-refractivity contribution in [1.29, 1.82) is 0 Å². The molecule has 1 aromatic carbocycles. The fourth-order valence-electron chi connectivity index (χ4n) is 2.57. The number of hydrogen-bond acceptors (Lipinski definition) is 2. The molecule has 1 fully saturated rings. The average molecular weight is 297 g/mol. The van der Waals surface area contributed by atoms with Crippen molar-refractivity contribution >= 4 is 15.9 Å². The first-order valence-electron chi connectivity index (χ1n) is 6.45. The van der Waals surface area contributed by atoms with Crippen molar-refractivity contribution in [2.24, 2.45) is 11.7 Å². The first kappa shape index (κ1) is 13.1. The van der Waals surface area contributed by atoms with E-state index in [9.17, 15) is 0 Å². The summed E-state index contributed by atoms with van der Waals surface area (Å²) in [6.07, 6.45) is 3.82. The maximum atomic E-state index is 5.59. The Kier molecular flexibility index (Phi) is 5.01. The summed E-state index contributed by atoms with van der Waals surface area (Å²) >= 11 is 3.63. The van der Waals surface area contributed by atoms with E-state index < -0.39 is 0 Å². The van der Waals surface area contributed by atoms with Gasteiger partial charge in [0, 0.05) is 17.6 Å². The Morgan fingerprint density at radius 3 is 2.59 bits per heavy atom. The lowest BCUT2D eigenvalue weighted by Gasteiger charge is -2.31. The summed E-state index contributed by atoms with van der Waals surface area (Å²) < 4.78 is 1.25. The molecule has 17 heavy (non-hydrogen) atoms. The summed E-state index contributed by atoms with van der Waals surface area (Å²) in [4.78, 5) is 2.48. The zero-order valence-electron chi connectivity index (χ0n) is 10.2. The van der Waals surface area contributed by atoms with Crippen molar-refractivity contribution in [2.75, 3.05) is 26.2 Å². The van der Waals surface area contributed by atoms with Gasteiger partial charge in [0.1, 0.15) is 0 Å². The van der Waals surface area contributed by atoms with Gasteiger partial charge < -0.3 is 10.6 Å². The van der Waals surface area contributed by atoms with Crippen LogP contribution in [0, 0.1) is 5.92 Å². The van der Waals surface area contributed by atoms with Crippen molar-refractivity contribution in [2.45, 2.75) is 19.3 Å². The normalized spacial score (nSPS) is 18.5. The van der Waals surface area contributed by atoms with Crippen molar-refractivity contribution in [3.05, 3.63) is 34.3 Å². The van der Waals surface area contributed by atoms with Gasteiger partial charge >= 0.3 is 0 Å². The second-order valence-electron chi connectivity index (χ2n) is 4.87. The fraction of sp³-hybridized carbons (Fsp3) is 0.571. The van der Waals surface area contributed by atoms with Gasteiger partial charge in [0.2, 0.25) is 0 Å². The van der Waals surface area contributed by atoms with Crippen molar-refractivity contribution in [3.8, 4) is 0 Å². The molecule has 0 saturated carbocycles. The van der Waals surface area contributed by atoms with Gasteiger partial charge in [0.15, 0.2) is 0 Å². The molecular weight excluding hydrogens is 276 g/mol. The summed E-state index contributed by atoms with van der Waals surface area (Å²) in [7, 11) is 0. The summed E-state index contributed by atoms with van der Waals surface area (Å²) in [6, 6.07) is 8.58. The minimum absolute atomic E-state index is 0.787. The molecule has 0 spiro atoms. The van der Waals surface area contributed by atoms with Crippen LogP contribution in [0.5, 0.6) is 0 Å². The number of likely N-dealkylation sites (tertiary alicyclic amines) is 1. The predicted molar refractivity (Wildman–Crippen MR) is 76.1 cm³/mol. The largest absolute Gasteiger partial charge is 0.329 e. The summed E-state index contributed by atoms with van der Waals surface area (Å²) in [6.45, 7) is 4.27. The quantitative estimate of drug-likeness (QED) is 0.926. The number of benzene rings is 1. The van der Waals surface area contributed by atoms with Crippen LogP contribution in [-0.4, -0.2) is 31.1 Å². The molecule has 1 aliphatic heterocycles.